The van der Waals surface area contributed by atoms with Crippen LogP contribution in [-0.2, 0) is 18.3 Å². The van der Waals surface area contributed by atoms with Crippen molar-refractivity contribution in [2.45, 2.75) is 30.7 Å². The highest BCUT2D eigenvalue weighted by Gasteiger charge is 2.54. The van der Waals surface area contributed by atoms with Gasteiger partial charge in [-0.15, -0.1) is 0 Å². The molecule has 0 saturated carbocycles. The SMILES string of the molecule is Oc1cccc([C@]23CC4=CN(CCc5ccc(c(O)c5)-c5ccc(O)cc54)[C@H]2Cc2cc(O)cc(O)c23)c1. The van der Waals surface area contributed by atoms with Crippen molar-refractivity contribution in [3.05, 3.63) is 107 Å². The molecule has 3 heterocycles. The standard InChI is InChI=1S/C32H27NO5/c34-22-3-1-2-21(13-22)32-16-20-17-33(30(32)12-19-11-24(36)15-29(38)31(19)32)9-8-18-4-6-26(28(37)10-18)25-7-5-23(35)14-27(20)25/h1-7,10-11,13-15,17,30,34-38H,8-9,12,16H2/t30-,32+/m0/s1. The number of hydrogen-bond acceptors (Lipinski definition) is 6. The van der Waals surface area contributed by atoms with E-state index >= 15 is 0 Å². The zero-order valence-electron chi connectivity index (χ0n) is 20.6. The zero-order valence-corrected chi connectivity index (χ0v) is 20.6. The summed E-state index contributed by atoms with van der Waals surface area (Å²) in [5.41, 5.74) is 6.00. The molecule has 4 aromatic carbocycles. The van der Waals surface area contributed by atoms with Gasteiger partial charge in [0.25, 0.3) is 0 Å². The van der Waals surface area contributed by atoms with Gasteiger partial charge in [-0.1, -0.05) is 24.3 Å². The molecular weight excluding hydrogens is 478 g/mol. The number of rotatable bonds is 1. The molecule has 2 atom stereocenters. The van der Waals surface area contributed by atoms with Crippen molar-refractivity contribution >= 4 is 5.57 Å². The van der Waals surface area contributed by atoms with Crippen molar-refractivity contribution in [3.8, 4) is 39.9 Å². The van der Waals surface area contributed by atoms with Gasteiger partial charge in [-0.05, 0) is 95.1 Å². The summed E-state index contributed by atoms with van der Waals surface area (Å²) in [4.78, 5) is 2.29. The zero-order chi connectivity index (χ0) is 26.2. The minimum atomic E-state index is -0.732. The van der Waals surface area contributed by atoms with E-state index in [4.69, 9.17) is 0 Å². The van der Waals surface area contributed by atoms with Gasteiger partial charge in [0.05, 0.1) is 0 Å². The average Bonchev–Trinajstić information content (AvgIpc) is 3.21. The Morgan fingerprint density at radius 2 is 1.53 bits per heavy atom. The monoisotopic (exact) mass is 505 g/mol. The van der Waals surface area contributed by atoms with E-state index in [1.807, 2.05) is 36.4 Å². The van der Waals surface area contributed by atoms with Crippen LogP contribution in [0.25, 0.3) is 16.7 Å². The van der Waals surface area contributed by atoms with Crippen LogP contribution in [0.1, 0.15) is 34.2 Å². The van der Waals surface area contributed by atoms with Crippen LogP contribution < -0.4 is 0 Å². The Labute approximate surface area is 220 Å². The predicted molar refractivity (Wildman–Crippen MR) is 144 cm³/mol. The molecule has 1 aliphatic carbocycles. The molecule has 5 N–H and O–H groups in total. The van der Waals surface area contributed by atoms with Gasteiger partial charge in [0.15, 0.2) is 0 Å². The van der Waals surface area contributed by atoms with E-state index in [-0.39, 0.29) is 34.8 Å². The Balaban J connectivity index is 1.54. The summed E-state index contributed by atoms with van der Waals surface area (Å²) in [6, 6.07) is 21.2. The topological polar surface area (TPSA) is 104 Å². The van der Waals surface area contributed by atoms with Crippen LogP contribution in [0.4, 0.5) is 0 Å². The Hall–Kier alpha value is -4.58. The molecule has 3 aliphatic heterocycles. The lowest BCUT2D eigenvalue weighted by Gasteiger charge is -2.47. The lowest BCUT2D eigenvalue weighted by molar-refractivity contribution is 0.196. The Kier molecular flexibility index (Phi) is 4.73. The van der Waals surface area contributed by atoms with E-state index in [1.54, 1.807) is 30.3 Å². The molecular formula is C32H27NO5. The van der Waals surface area contributed by atoms with E-state index in [0.717, 1.165) is 39.0 Å². The summed E-state index contributed by atoms with van der Waals surface area (Å²) in [5, 5.41) is 53.7. The van der Waals surface area contributed by atoms with Crippen LogP contribution in [0.3, 0.4) is 0 Å². The Morgan fingerprint density at radius 1 is 0.711 bits per heavy atom. The van der Waals surface area contributed by atoms with Gasteiger partial charge >= 0.3 is 0 Å². The van der Waals surface area contributed by atoms with Gasteiger partial charge in [0.2, 0.25) is 0 Å². The first-order valence-electron chi connectivity index (χ1n) is 12.8. The van der Waals surface area contributed by atoms with Crippen molar-refractivity contribution in [2.75, 3.05) is 6.54 Å². The smallest absolute Gasteiger partial charge is 0.123 e. The summed E-state index contributed by atoms with van der Waals surface area (Å²) in [6.45, 7) is 0.655. The summed E-state index contributed by atoms with van der Waals surface area (Å²) >= 11 is 0. The number of nitrogens with zero attached hydrogens (tertiary/aromatic N) is 1. The van der Waals surface area contributed by atoms with Crippen molar-refractivity contribution in [3.63, 3.8) is 0 Å². The normalized spacial score (nSPS) is 21.2. The maximum absolute atomic E-state index is 11.3. The molecule has 190 valence electrons. The minimum absolute atomic E-state index is 0.0189. The fraction of sp³-hybridized carbons (Fsp3) is 0.188. The van der Waals surface area contributed by atoms with Crippen molar-refractivity contribution in [2.24, 2.45) is 0 Å². The maximum Gasteiger partial charge on any atom is 0.123 e. The summed E-state index contributed by atoms with van der Waals surface area (Å²) in [7, 11) is 0. The highest BCUT2D eigenvalue weighted by atomic mass is 16.3. The van der Waals surface area contributed by atoms with E-state index in [1.165, 1.54) is 6.07 Å². The molecule has 38 heavy (non-hydrogen) atoms. The molecule has 8 rings (SSSR count). The predicted octanol–water partition coefficient (Wildman–Crippen LogP) is 5.40. The Bertz CT molecular complexity index is 1660. The molecule has 0 radical (unpaired) electrons. The van der Waals surface area contributed by atoms with Gasteiger partial charge in [0, 0.05) is 41.4 Å². The Morgan fingerprint density at radius 3 is 2.34 bits per heavy atom. The third kappa shape index (κ3) is 3.19. The second-order valence-corrected chi connectivity index (χ2v) is 10.6. The molecule has 0 aromatic heterocycles. The number of hydrogen-bond donors (Lipinski definition) is 5. The summed E-state index contributed by atoms with van der Waals surface area (Å²) in [5.74, 6) is 0.504. The number of aromatic hydroxyl groups is 5. The van der Waals surface area contributed by atoms with Gasteiger partial charge in [-0.2, -0.15) is 0 Å². The van der Waals surface area contributed by atoms with Gasteiger partial charge < -0.3 is 30.4 Å². The van der Waals surface area contributed by atoms with Crippen LogP contribution in [0.2, 0.25) is 0 Å². The number of allylic oxidation sites excluding steroid dienone is 1. The second kappa shape index (κ2) is 7.96. The summed E-state index contributed by atoms with van der Waals surface area (Å²) < 4.78 is 0. The molecule has 0 saturated heterocycles. The highest BCUT2D eigenvalue weighted by Crippen LogP contribution is 2.58. The maximum atomic E-state index is 11.3. The van der Waals surface area contributed by atoms with Crippen molar-refractivity contribution < 1.29 is 25.5 Å². The van der Waals surface area contributed by atoms with E-state index in [9.17, 15) is 25.5 Å². The van der Waals surface area contributed by atoms with Gasteiger partial charge in [-0.3, -0.25) is 0 Å². The largest absolute Gasteiger partial charge is 0.508 e. The van der Waals surface area contributed by atoms with Crippen LogP contribution >= 0.6 is 0 Å². The number of phenolic OH excluding ortho intramolecular Hbond substituents is 5. The quantitative estimate of drug-likeness (QED) is 0.237. The minimum Gasteiger partial charge on any atom is -0.508 e. The highest BCUT2D eigenvalue weighted by molar-refractivity contribution is 5.86. The lowest BCUT2D eigenvalue weighted by Crippen LogP contribution is -2.50. The third-order valence-corrected chi connectivity index (χ3v) is 8.52. The second-order valence-electron chi connectivity index (χ2n) is 10.6. The van der Waals surface area contributed by atoms with Crippen LogP contribution in [0, 0.1) is 0 Å². The molecule has 0 spiro atoms. The third-order valence-electron chi connectivity index (χ3n) is 8.52. The van der Waals surface area contributed by atoms with Crippen molar-refractivity contribution in [1.82, 2.24) is 4.90 Å². The first-order chi connectivity index (χ1) is 18.3. The first kappa shape index (κ1) is 22.6. The molecule has 4 bridgehead atoms. The number of benzene rings is 4. The van der Waals surface area contributed by atoms with Crippen LogP contribution in [-0.4, -0.2) is 43.0 Å². The lowest BCUT2D eigenvalue weighted by atomic mass is 9.65. The molecule has 6 heteroatoms. The van der Waals surface area contributed by atoms with Gasteiger partial charge in [0.1, 0.15) is 28.7 Å². The first-order valence-corrected chi connectivity index (χ1v) is 12.8. The van der Waals surface area contributed by atoms with Crippen LogP contribution in [0.15, 0.2) is 79.0 Å². The number of fused-ring (bicyclic) bond motifs is 6. The molecule has 4 aromatic rings. The van der Waals surface area contributed by atoms with Crippen LogP contribution in [0.5, 0.6) is 28.7 Å². The van der Waals surface area contributed by atoms with E-state index < -0.39 is 5.41 Å². The average molecular weight is 506 g/mol. The van der Waals surface area contributed by atoms with E-state index in [2.05, 4.69) is 11.1 Å². The molecule has 0 amide bonds. The summed E-state index contributed by atoms with van der Waals surface area (Å²) in [6.07, 6.45) is 3.93. The molecule has 0 fully saturated rings. The van der Waals surface area contributed by atoms with Gasteiger partial charge in [-0.25, -0.2) is 0 Å². The number of phenols is 5. The molecule has 4 aliphatic rings. The molecule has 0 unspecified atom stereocenters. The van der Waals surface area contributed by atoms with Crippen molar-refractivity contribution in [1.29, 1.82) is 0 Å². The fourth-order valence-electron chi connectivity index (χ4n) is 7.00. The fourth-order valence-corrected chi connectivity index (χ4v) is 7.00. The van der Waals surface area contributed by atoms with E-state index in [0.29, 0.717) is 31.4 Å². The molecule has 6 nitrogen and oxygen atoms in total.